The first kappa shape index (κ1) is 17.6. The Morgan fingerprint density at radius 1 is 1.33 bits per heavy atom. The summed E-state index contributed by atoms with van der Waals surface area (Å²) in [5.74, 6) is 1.44. The van der Waals surface area contributed by atoms with E-state index in [4.69, 9.17) is 4.74 Å². The van der Waals surface area contributed by atoms with Crippen molar-refractivity contribution in [3.63, 3.8) is 0 Å². The molecule has 4 rings (SSSR count). The van der Waals surface area contributed by atoms with Crippen molar-refractivity contribution in [2.24, 2.45) is 7.05 Å². The molecule has 6 heteroatoms. The van der Waals surface area contributed by atoms with Crippen LogP contribution in [0.15, 0.2) is 30.6 Å². The minimum absolute atomic E-state index is 0.110. The molecule has 0 aliphatic carbocycles. The fourth-order valence-corrected chi connectivity index (χ4v) is 4.12. The van der Waals surface area contributed by atoms with Crippen molar-refractivity contribution >= 4 is 16.8 Å². The summed E-state index contributed by atoms with van der Waals surface area (Å²) in [5, 5.41) is 5.63. The van der Waals surface area contributed by atoms with Gasteiger partial charge >= 0.3 is 0 Å². The Morgan fingerprint density at radius 3 is 2.81 bits per heavy atom. The minimum Gasteiger partial charge on any atom is -0.497 e. The number of rotatable bonds is 4. The number of aromatic amines is 1. The maximum atomic E-state index is 12.9. The number of aryl methyl sites for hydroxylation is 2. The highest BCUT2D eigenvalue weighted by molar-refractivity contribution is 5.95. The second-order valence-electron chi connectivity index (χ2n) is 7.24. The van der Waals surface area contributed by atoms with Crippen molar-refractivity contribution in [3.8, 4) is 5.75 Å². The predicted molar refractivity (Wildman–Crippen MR) is 105 cm³/mol. The van der Waals surface area contributed by atoms with Gasteiger partial charge in [0.2, 0.25) is 0 Å². The van der Waals surface area contributed by atoms with Crippen LogP contribution in [0.3, 0.4) is 0 Å². The molecule has 0 bridgehead atoms. The van der Waals surface area contributed by atoms with Crippen LogP contribution >= 0.6 is 0 Å². The molecule has 1 saturated heterocycles. The molecule has 3 aromatic rings. The average molecular weight is 366 g/mol. The minimum atomic E-state index is 0.110. The Balaban J connectivity index is 1.50. The zero-order chi connectivity index (χ0) is 19.0. The lowest BCUT2D eigenvalue weighted by molar-refractivity contribution is 0.0712. The van der Waals surface area contributed by atoms with Crippen LogP contribution in [-0.2, 0) is 13.5 Å². The van der Waals surface area contributed by atoms with Gasteiger partial charge in [0, 0.05) is 43.4 Å². The third-order valence-electron chi connectivity index (χ3n) is 5.61. The van der Waals surface area contributed by atoms with Crippen molar-refractivity contribution < 1.29 is 9.53 Å². The number of likely N-dealkylation sites (tertiary alicyclic amines) is 1. The van der Waals surface area contributed by atoms with E-state index in [1.165, 1.54) is 10.9 Å². The normalized spacial score (nSPS) is 15.4. The summed E-state index contributed by atoms with van der Waals surface area (Å²) in [4.78, 5) is 18.3. The SMILES string of the molecule is CCc1nn(C)cc1C(=O)N1CCC(c2c[nH]c3ccc(OC)cc23)CC1. The van der Waals surface area contributed by atoms with Crippen LogP contribution in [0.1, 0.15) is 47.3 Å². The second-order valence-corrected chi connectivity index (χ2v) is 7.24. The van der Waals surface area contributed by atoms with Crippen LogP contribution in [0.25, 0.3) is 10.9 Å². The van der Waals surface area contributed by atoms with E-state index < -0.39 is 0 Å². The lowest BCUT2D eigenvalue weighted by Crippen LogP contribution is -2.38. The third-order valence-corrected chi connectivity index (χ3v) is 5.61. The summed E-state index contributed by atoms with van der Waals surface area (Å²) in [6.07, 6.45) is 6.67. The number of amides is 1. The number of nitrogens with zero attached hydrogens (tertiary/aromatic N) is 3. The molecule has 2 aromatic heterocycles. The standard InChI is InChI=1S/C21H26N4O2/c1-4-19-18(13-24(2)23-19)21(26)25-9-7-14(8-10-25)17-12-22-20-6-5-15(27-3)11-16(17)20/h5-6,11-14,22H,4,7-10H2,1-3H3. The molecule has 1 aromatic carbocycles. The van der Waals surface area contributed by atoms with E-state index in [2.05, 4.69) is 28.4 Å². The summed E-state index contributed by atoms with van der Waals surface area (Å²) in [6.45, 7) is 3.59. The van der Waals surface area contributed by atoms with Gasteiger partial charge in [-0.15, -0.1) is 0 Å². The molecule has 6 nitrogen and oxygen atoms in total. The molecule has 1 aliphatic rings. The number of carbonyl (C=O) groups is 1. The van der Waals surface area contributed by atoms with E-state index in [9.17, 15) is 4.79 Å². The third kappa shape index (κ3) is 3.20. The Kier molecular flexibility index (Phi) is 4.64. The number of nitrogens with one attached hydrogen (secondary N) is 1. The molecular formula is C21H26N4O2. The first-order valence-electron chi connectivity index (χ1n) is 9.57. The summed E-state index contributed by atoms with van der Waals surface area (Å²) in [5.41, 5.74) is 4.09. The molecule has 0 radical (unpaired) electrons. The molecule has 142 valence electrons. The number of ether oxygens (including phenoxy) is 1. The van der Waals surface area contributed by atoms with Gasteiger partial charge in [-0.3, -0.25) is 9.48 Å². The van der Waals surface area contributed by atoms with Gasteiger partial charge in [-0.05, 0) is 48.9 Å². The number of aromatic nitrogens is 3. The summed E-state index contributed by atoms with van der Waals surface area (Å²) < 4.78 is 7.11. The molecule has 1 amide bonds. The molecule has 1 aliphatic heterocycles. The zero-order valence-corrected chi connectivity index (χ0v) is 16.2. The van der Waals surface area contributed by atoms with E-state index in [-0.39, 0.29) is 5.91 Å². The molecule has 1 fully saturated rings. The van der Waals surface area contributed by atoms with E-state index in [1.807, 2.05) is 31.1 Å². The number of carbonyl (C=O) groups excluding carboxylic acids is 1. The second kappa shape index (κ2) is 7.10. The number of benzene rings is 1. The van der Waals surface area contributed by atoms with Crippen LogP contribution in [-0.4, -0.2) is 45.8 Å². The lowest BCUT2D eigenvalue weighted by atomic mass is 9.89. The van der Waals surface area contributed by atoms with Gasteiger partial charge in [0.05, 0.1) is 18.4 Å². The molecule has 27 heavy (non-hydrogen) atoms. The number of methoxy groups -OCH3 is 1. The number of hydrogen-bond acceptors (Lipinski definition) is 3. The van der Waals surface area contributed by atoms with Crippen LogP contribution in [0, 0.1) is 0 Å². The molecule has 0 spiro atoms. The van der Waals surface area contributed by atoms with Crippen molar-refractivity contribution in [1.29, 1.82) is 0 Å². The van der Waals surface area contributed by atoms with Gasteiger partial charge < -0.3 is 14.6 Å². The highest BCUT2D eigenvalue weighted by Crippen LogP contribution is 2.35. The maximum Gasteiger partial charge on any atom is 0.257 e. The quantitative estimate of drug-likeness (QED) is 0.769. The largest absolute Gasteiger partial charge is 0.497 e. The Labute approximate surface area is 159 Å². The first-order valence-corrected chi connectivity index (χ1v) is 9.57. The first-order chi connectivity index (χ1) is 13.1. The van der Waals surface area contributed by atoms with E-state index in [1.54, 1.807) is 11.8 Å². The van der Waals surface area contributed by atoms with Crippen molar-refractivity contribution in [2.75, 3.05) is 20.2 Å². The van der Waals surface area contributed by atoms with Crippen LogP contribution in [0.2, 0.25) is 0 Å². The molecule has 0 saturated carbocycles. The summed E-state index contributed by atoms with van der Waals surface area (Å²) in [6, 6.07) is 6.13. The van der Waals surface area contributed by atoms with Gasteiger partial charge in [-0.25, -0.2) is 0 Å². The van der Waals surface area contributed by atoms with Crippen LogP contribution < -0.4 is 4.74 Å². The summed E-state index contributed by atoms with van der Waals surface area (Å²) >= 11 is 0. The maximum absolute atomic E-state index is 12.9. The Bertz CT molecular complexity index is 964. The lowest BCUT2D eigenvalue weighted by Gasteiger charge is -2.32. The van der Waals surface area contributed by atoms with Gasteiger partial charge in [0.15, 0.2) is 0 Å². The molecular weight excluding hydrogens is 340 g/mol. The van der Waals surface area contributed by atoms with Gasteiger partial charge in [0.1, 0.15) is 5.75 Å². The van der Waals surface area contributed by atoms with Gasteiger partial charge in [-0.1, -0.05) is 6.92 Å². The highest BCUT2D eigenvalue weighted by Gasteiger charge is 2.28. The Morgan fingerprint density at radius 2 is 2.11 bits per heavy atom. The molecule has 0 unspecified atom stereocenters. The van der Waals surface area contributed by atoms with Crippen LogP contribution in [0.5, 0.6) is 5.75 Å². The predicted octanol–water partition coefficient (Wildman–Crippen LogP) is 3.49. The molecule has 1 N–H and O–H groups in total. The fourth-order valence-electron chi connectivity index (χ4n) is 4.12. The topological polar surface area (TPSA) is 63.2 Å². The highest BCUT2D eigenvalue weighted by atomic mass is 16.5. The van der Waals surface area contributed by atoms with Gasteiger partial charge in [0.25, 0.3) is 5.91 Å². The zero-order valence-electron chi connectivity index (χ0n) is 16.2. The average Bonchev–Trinajstić information content (AvgIpc) is 3.30. The number of piperidine rings is 1. The number of hydrogen-bond donors (Lipinski definition) is 1. The molecule has 3 heterocycles. The van der Waals surface area contributed by atoms with Crippen molar-refractivity contribution in [2.45, 2.75) is 32.1 Å². The van der Waals surface area contributed by atoms with E-state index in [0.29, 0.717) is 5.92 Å². The number of H-pyrrole nitrogens is 1. The van der Waals surface area contributed by atoms with Crippen molar-refractivity contribution in [3.05, 3.63) is 47.4 Å². The number of fused-ring (bicyclic) bond motifs is 1. The van der Waals surface area contributed by atoms with Crippen molar-refractivity contribution in [1.82, 2.24) is 19.7 Å². The van der Waals surface area contributed by atoms with E-state index in [0.717, 1.165) is 54.9 Å². The van der Waals surface area contributed by atoms with Gasteiger partial charge in [-0.2, -0.15) is 5.10 Å². The Hall–Kier alpha value is -2.76. The van der Waals surface area contributed by atoms with E-state index >= 15 is 0 Å². The fraction of sp³-hybridized carbons (Fsp3) is 0.429. The monoisotopic (exact) mass is 366 g/mol. The smallest absolute Gasteiger partial charge is 0.257 e. The molecule has 0 atom stereocenters. The van der Waals surface area contributed by atoms with Crippen LogP contribution in [0.4, 0.5) is 0 Å². The summed E-state index contributed by atoms with van der Waals surface area (Å²) in [7, 11) is 3.56.